The third kappa shape index (κ3) is 3.51. The molecule has 1 heterocycles. The summed E-state index contributed by atoms with van der Waals surface area (Å²) >= 11 is 0. The molecule has 110 valence electrons. The number of benzene rings is 1. The standard InChI is InChI=1S/C16H18N2O3/c1-10(6-8-14(19)20)5-7-11-3-2-4-12-13(16(17)21)9-18-15(11)12/h2-5,9,18H,6-8H2,1H3,(H2,17,21)(H,19,20)/b10-5+. The lowest BCUT2D eigenvalue weighted by molar-refractivity contribution is -0.136. The second-order valence-corrected chi connectivity index (χ2v) is 5.05. The van der Waals surface area contributed by atoms with Crippen LogP contribution in [0, 0.1) is 0 Å². The molecule has 0 atom stereocenters. The van der Waals surface area contributed by atoms with E-state index in [1.54, 1.807) is 6.20 Å². The minimum Gasteiger partial charge on any atom is -0.481 e. The maximum Gasteiger partial charge on any atom is 0.303 e. The van der Waals surface area contributed by atoms with Crippen molar-refractivity contribution in [3.05, 3.63) is 47.2 Å². The number of fused-ring (bicyclic) bond motifs is 1. The number of carboxylic acids is 1. The molecule has 4 N–H and O–H groups in total. The van der Waals surface area contributed by atoms with Crippen LogP contribution in [0.5, 0.6) is 0 Å². The average molecular weight is 286 g/mol. The largest absolute Gasteiger partial charge is 0.481 e. The number of carbonyl (C=O) groups excluding carboxylic acids is 1. The number of amides is 1. The number of para-hydroxylation sites is 1. The van der Waals surface area contributed by atoms with Gasteiger partial charge in [0.25, 0.3) is 5.91 Å². The van der Waals surface area contributed by atoms with Gasteiger partial charge in [-0.25, -0.2) is 0 Å². The van der Waals surface area contributed by atoms with Crippen LogP contribution in [-0.2, 0) is 11.2 Å². The number of hydrogen-bond donors (Lipinski definition) is 3. The molecule has 0 aliphatic rings. The highest BCUT2D eigenvalue weighted by Crippen LogP contribution is 2.22. The van der Waals surface area contributed by atoms with Crippen molar-refractivity contribution in [2.24, 2.45) is 5.73 Å². The molecule has 2 rings (SSSR count). The summed E-state index contributed by atoms with van der Waals surface area (Å²) in [5.41, 5.74) is 8.81. The Kier molecular flexibility index (Phi) is 4.42. The summed E-state index contributed by atoms with van der Waals surface area (Å²) in [6.45, 7) is 1.92. The predicted octanol–water partition coefficient (Wildman–Crippen LogP) is 2.62. The van der Waals surface area contributed by atoms with Crippen molar-refractivity contribution in [2.75, 3.05) is 0 Å². The molecule has 0 saturated heterocycles. The fourth-order valence-electron chi connectivity index (χ4n) is 2.28. The van der Waals surface area contributed by atoms with Gasteiger partial charge in [0.2, 0.25) is 0 Å². The van der Waals surface area contributed by atoms with Crippen molar-refractivity contribution in [3.63, 3.8) is 0 Å². The second-order valence-electron chi connectivity index (χ2n) is 5.05. The fraction of sp³-hybridized carbons (Fsp3) is 0.250. The van der Waals surface area contributed by atoms with E-state index in [0.29, 0.717) is 18.4 Å². The molecule has 5 heteroatoms. The van der Waals surface area contributed by atoms with E-state index < -0.39 is 11.9 Å². The van der Waals surface area contributed by atoms with Gasteiger partial charge in [-0.2, -0.15) is 0 Å². The molecule has 0 aliphatic carbocycles. The van der Waals surface area contributed by atoms with E-state index >= 15 is 0 Å². The Morgan fingerprint density at radius 2 is 2.10 bits per heavy atom. The van der Waals surface area contributed by atoms with Gasteiger partial charge in [0.1, 0.15) is 0 Å². The van der Waals surface area contributed by atoms with Crippen LogP contribution in [0.25, 0.3) is 10.9 Å². The van der Waals surface area contributed by atoms with Gasteiger partial charge in [-0.3, -0.25) is 9.59 Å². The summed E-state index contributed by atoms with van der Waals surface area (Å²) in [7, 11) is 0. The van der Waals surface area contributed by atoms with Crippen molar-refractivity contribution in [1.29, 1.82) is 0 Å². The number of aromatic nitrogens is 1. The molecule has 1 aromatic carbocycles. The molecule has 0 bridgehead atoms. The molecule has 0 spiro atoms. The first-order chi connectivity index (χ1) is 9.99. The summed E-state index contributed by atoms with van der Waals surface area (Å²) in [4.78, 5) is 25.0. The summed E-state index contributed by atoms with van der Waals surface area (Å²) in [5.74, 6) is -1.24. The first-order valence-electron chi connectivity index (χ1n) is 6.75. The van der Waals surface area contributed by atoms with E-state index in [1.165, 1.54) is 0 Å². The van der Waals surface area contributed by atoms with Crippen molar-refractivity contribution < 1.29 is 14.7 Å². The van der Waals surface area contributed by atoms with Gasteiger partial charge in [-0.1, -0.05) is 29.8 Å². The maximum absolute atomic E-state index is 11.3. The predicted molar refractivity (Wildman–Crippen MR) is 81.1 cm³/mol. The molecule has 0 fully saturated rings. The van der Waals surface area contributed by atoms with E-state index in [4.69, 9.17) is 10.8 Å². The second kappa shape index (κ2) is 6.26. The number of nitrogens with two attached hydrogens (primary N) is 1. The Labute approximate surface area is 122 Å². The van der Waals surface area contributed by atoms with Crippen LogP contribution in [0.1, 0.15) is 35.7 Å². The Hall–Kier alpha value is -2.56. The highest BCUT2D eigenvalue weighted by Gasteiger charge is 2.10. The van der Waals surface area contributed by atoms with Crippen LogP contribution in [0.4, 0.5) is 0 Å². The molecule has 5 nitrogen and oxygen atoms in total. The lowest BCUT2D eigenvalue weighted by atomic mass is 10.0. The summed E-state index contributed by atoms with van der Waals surface area (Å²) < 4.78 is 0. The molecule has 0 radical (unpaired) electrons. The van der Waals surface area contributed by atoms with Gasteiger partial charge >= 0.3 is 5.97 Å². The number of hydrogen-bond acceptors (Lipinski definition) is 2. The number of rotatable bonds is 6. The average Bonchev–Trinajstić information content (AvgIpc) is 2.87. The highest BCUT2D eigenvalue weighted by molar-refractivity contribution is 6.06. The van der Waals surface area contributed by atoms with E-state index in [9.17, 15) is 9.59 Å². The Morgan fingerprint density at radius 3 is 2.76 bits per heavy atom. The molecule has 0 unspecified atom stereocenters. The molecular weight excluding hydrogens is 268 g/mol. The number of primary amides is 1. The number of nitrogens with one attached hydrogen (secondary N) is 1. The SMILES string of the molecule is C/C(=C\Cc1cccc2c(C(N)=O)c[nH]c12)CCC(=O)O. The van der Waals surface area contributed by atoms with Crippen LogP contribution >= 0.6 is 0 Å². The Bertz CT molecular complexity index is 713. The lowest BCUT2D eigenvalue weighted by Gasteiger charge is -2.02. The van der Waals surface area contributed by atoms with Crippen molar-refractivity contribution in [1.82, 2.24) is 4.98 Å². The highest BCUT2D eigenvalue weighted by atomic mass is 16.4. The number of allylic oxidation sites excluding steroid dienone is 2. The molecule has 21 heavy (non-hydrogen) atoms. The molecule has 0 saturated carbocycles. The molecular formula is C16H18N2O3. The van der Waals surface area contributed by atoms with Gasteiger partial charge in [-0.05, 0) is 25.3 Å². The van der Waals surface area contributed by atoms with E-state index in [0.717, 1.165) is 22.0 Å². The van der Waals surface area contributed by atoms with E-state index in [-0.39, 0.29) is 6.42 Å². The van der Waals surface area contributed by atoms with Gasteiger partial charge in [-0.15, -0.1) is 0 Å². The third-order valence-corrected chi connectivity index (χ3v) is 3.47. The minimum atomic E-state index is -0.791. The zero-order chi connectivity index (χ0) is 15.4. The molecule has 2 aromatic rings. The monoisotopic (exact) mass is 286 g/mol. The quantitative estimate of drug-likeness (QED) is 0.712. The zero-order valence-electron chi connectivity index (χ0n) is 11.8. The summed E-state index contributed by atoms with van der Waals surface area (Å²) in [6.07, 6.45) is 5.00. The molecule has 0 aliphatic heterocycles. The van der Waals surface area contributed by atoms with E-state index in [2.05, 4.69) is 4.98 Å². The van der Waals surface area contributed by atoms with Crippen molar-refractivity contribution in [3.8, 4) is 0 Å². The Balaban J connectivity index is 2.21. The topological polar surface area (TPSA) is 96.2 Å². The van der Waals surface area contributed by atoms with Gasteiger partial charge in [0.05, 0.1) is 5.56 Å². The van der Waals surface area contributed by atoms with Crippen molar-refractivity contribution >= 4 is 22.8 Å². The fourth-order valence-corrected chi connectivity index (χ4v) is 2.28. The Morgan fingerprint density at radius 1 is 1.33 bits per heavy atom. The van der Waals surface area contributed by atoms with Crippen molar-refractivity contribution in [2.45, 2.75) is 26.2 Å². The van der Waals surface area contributed by atoms with Crippen LogP contribution in [0.15, 0.2) is 36.0 Å². The van der Waals surface area contributed by atoms with Crippen LogP contribution in [-0.4, -0.2) is 22.0 Å². The van der Waals surface area contributed by atoms with E-state index in [1.807, 2.05) is 31.2 Å². The van der Waals surface area contributed by atoms with Crippen LogP contribution in [0.3, 0.4) is 0 Å². The maximum atomic E-state index is 11.3. The number of carboxylic acid groups (broad SMARTS) is 1. The smallest absolute Gasteiger partial charge is 0.303 e. The first-order valence-corrected chi connectivity index (χ1v) is 6.75. The van der Waals surface area contributed by atoms with Gasteiger partial charge < -0.3 is 15.8 Å². The lowest BCUT2D eigenvalue weighted by Crippen LogP contribution is -2.09. The van der Waals surface area contributed by atoms with Gasteiger partial charge in [0, 0.05) is 23.5 Å². The number of aromatic amines is 1. The van der Waals surface area contributed by atoms with Crippen LogP contribution < -0.4 is 5.73 Å². The minimum absolute atomic E-state index is 0.140. The number of carbonyl (C=O) groups is 2. The summed E-state index contributed by atoms with van der Waals surface area (Å²) in [6, 6.07) is 5.72. The third-order valence-electron chi connectivity index (χ3n) is 3.47. The van der Waals surface area contributed by atoms with Crippen LogP contribution in [0.2, 0.25) is 0 Å². The normalized spacial score (nSPS) is 11.8. The number of H-pyrrole nitrogens is 1. The first kappa shape index (κ1) is 14.8. The zero-order valence-corrected chi connectivity index (χ0v) is 11.8. The van der Waals surface area contributed by atoms with Gasteiger partial charge in [0.15, 0.2) is 0 Å². The molecule has 1 aromatic heterocycles. The molecule has 1 amide bonds. The summed E-state index contributed by atoms with van der Waals surface area (Å²) in [5, 5.41) is 9.48. The number of aliphatic carboxylic acids is 1.